The molecule has 1 aromatic rings. The molecule has 0 bridgehead atoms. The summed E-state index contributed by atoms with van der Waals surface area (Å²) in [7, 11) is 0. The lowest BCUT2D eigenvalue weighted by molar-refractivity contribution is -0.139. The van der Waals surface area contributed by atoms with Crippen LogP contribution >= 0.6 is 0 Å². The fourth-order valence-electron chi connectivity index (χ4n) is 0.882. The molecule has 0 aliphatic rings. The zero-order valence-electron chi connectivity index (χ0n) is 9.26. The van der Waals surface area contributed by atoms with Crippen molar-refractivity contribution in [1.82, 2.24) is 0 Å². The molecular formula is C12H19NO2. The van der Waals surface area contributed by atoms with Gasteiger partial charge in [0.05, 0.1) is 0 Å². The Labute approximate surface area is 90.9 Å². The summed E-state index contributed by atoms with van der Waals surface area (Å²) >= 11 is 0. The molecule has 0 heterocycles. The first kappa shape index (κ1) is 13.7. The summed E-state index contributed by atoms with van der Waals surface area (Å²) in [5.41, 5.74) is 5.27. The van der Waals surface area contributed by atoms with E-state index in [0.717, 1.165) is 6.42 Å². The highest BCUT2D eigenvalue weighted by Gasteiger charge is 2.17. The van der Waals surface area contributed by atoms with Crippen molar-refractivity contribution in [2.45, 2.75) is 26.3 Å². The zero-order valence-corrected chi connectivity index (χ0v) is 9.26. The van der Waals surface area contributed by atoms with E-state index < -0.39 is 12.0 Å². The number of hydrogen-bond donors (Lipinski definition) is 2. The molecule has 0 saturated carbocycles. The van der Waals surface area contributed by atoms with Crippen LogP contribution < -0.4 is 5.73 Å². The van der Waals surface area contributed by atoms with Crippen molar-refractivity contribution >= 4 is 5.97 Å². The maximum Gasteiger partial charge on any atom is 0.320 e. The maximum atomic E-state index is 10.2. The topological polar surface area (TPSA) is 63.3 Å². The Balaban J connectivity index is 0.000000280. The molecule has 15 heavy (non-hydrogen) atoms. The minimum absolute atomic E-state index is 0.0718. The standard InChI is InChI=1S/C6H13NO2.C6H6/c1-3-4(2)5(7)6(8)9;1-2-4-6-5-3-1/h4-5H,3,7H2,1-2H3,(H,8,9);1-6H. The van der Waals surface area contributed by atoms with Crippen LogP contribution in [0.5, 0.6) is 0 Å². The van der Waals surface area contributed by atoms with Crippen LogP contribution in [0.1, 0.15) is 20.3 Å². The predicted molar refractivity (Wildman–Crippen MR) is 61.5 cm³/mol. The highest BCUT2D eigenvalue weighted by molar-refractivity contribution is 5.73. The predicted octanol–water partition coefficient (Wildman–Crippen LogP) is 2.13. The SMILES string of the molecule is CCC(C)C(N)C(=O)O.c1ccccc1. The van der Waals surface area contributed by atoms with Gasteiger partial charge in [-0.15, -0.1) is 0 Å². The van der Waals surface area contributed by atoms with Crippen molar-refractivity contribution in [2.24, 2.45) is 11.7 Å². The monoisotopic (exact) mass is 209 g/mol. The molecule has 0 aliphatic carbocycles. The fourth-order valence-corrected chi connectivity index (χ4v) is 0.882. The van der Waals surface area contributed by atoms with Gasteiger partial charge in [0.1, 0.15) is 6.04 Å². The molecule has 0 aromatic heterocycles. The summed E-state index contributed by atoms with van der Waals surface area (Å²) in [6.07, 6.45) is 0.813. The number of aliphatic carboxylic acids is 1. The van der Waals surface area contributed by atoms with E-state index in [4.69, 9.17) is 10.8 Å². The molecule has 0 spiro atoms. The molecule has 0 saturated heterocycles. The molecule has 3 heteroatoms. The smallest absolute Gasteiger partial charge is 0.320 e. The Morgan fingerprint density at radius 1 is 1.20 bits per heavy atom. The van der Waals surface area contributed by atoms with Crippen molar-refractivity contribution in [1.29, 1.82) is 0 Å². The van der Waals surface area contributed by atoms with Gasteiger partial charge in [-0.25, -0.2) is 0 Å². The van der Waals surface area contributed by atoms with Crippen LogP contribution in [0.2, 0.25) is 0 Å². The van der Waals surface area contributed by atoms with E-state index in [0.29, 0.717) is 0 Å². The van der Waals surface area contributed by atoms with E-state index in [1.807, 2.05) is 50.2 Å². The normalized spacial score (nSPS) is 13.3. The largest absolute Gasteiger partial charge is 0.480 e. The molecule has 0 amide bonds. The number of nitrogens with two attached hydrogens (primary N) is 1. The summed E-state index contributed by atoms with van der Waals surface area (Å²) in [5, 5.41) is 8.36. The number of benzene rings is 1. The number of carboxylic acid groups (broad SMARTS) is 1. The molecule has 3 N–H and O–H groups in total. The highest BCUT2D eigenvalue weighted by atomic mass is 16.4. The molecule has 1 aromatic carbocycles. The van der Waals surface area contributed by atoms with Crippen LogP contribution in [0.4, 0.5) is 0 Å². The summed E-state index contributed by atoms with van der Waals surface area (Å²) in [6.45, 7) is 3.76. The van der Waals surface area contributed by atoms with Crippen molar-refractivity contribution in [3.8, 4) is 0 Å². The van der Waals surface area contributed by atoms with E-state index in [-0.39, 0.29) is 5.92 Å². The fraction of sp³-hybridized carbons (Fsp3) is 0.417. The average molecular weight is 209 g/mol. The van der Waals surface area contributed by atoms with Gasteiger partial charge < -0.3 is 10.8 Å². The third-order valence-corrected chi connectivity index (χ3v) is 2.21. The van der Waals surface area contributed by atoms with E-state index in [1.54, 1.807) is 0 Å². The maximum absolute atomic E-state index is 10.2. The van der Waals surface area contributed by atoms with Gasteiger partial charge in [-0.1, -0.05) is 56.7 Å². The second kappa shape index (κ2) is 8.00. The first-order chi connectivity index (χ1) is 7.09. The molecular weight excluding hydrogens is 190 g/mol. The van der Waals surface area contributed by atoms with Crippen LogP contribution in [-0.4, -0.2) is 17.1 Å². The summed E-state index contributed by atoms with van der Waals surface area (Å²) in [4.78, 5) is 10.2. The molecule has 3 nitrogen and oxygen atoms in total. The number of rotatable bonds is 3. The highest BCUT2D eigenvalue weighted by Crippen LogP contribution is 2.04. The summed E-state index contributed by atoms with van der Waals surface area (Å²) < 4.78 is 0. The second-order valence-electron chi connectivity index (χ2n) is 3.40. The summed E-state index contributed by atoms with van der Waals surface area (Å²) in [6, 6.07) is 11.3. The molecule has 0 fully saturated rings. The Morgan fingerprint density at radius 2 is 1.53 bits per heavy atom. The molecule has 84 valence electrons. The van der Waals surface area contributed by atoms with Gasteiger partial charge in [-0.3, -0.25) is 4.79 Å². The number of carboxylic acids is 1. The van der Waals surface area contributed by atoms with Gasteiger partial charge in [0.2, 0.25) is 0 Å². The lowest BCUT2D eigenvalue weighted by Gasteiger charge is -2.11. The van der Waals surface area contributed by atoms with Crippen molar-refractivity contribution < 1.29 is 9.90 Å². The van der Waals surface area contributed by atoms with Gasteiger partial charge in [-0.2, -0.15) is 0 Å². The molecule has 0 radical (unpaired) electrons. The van der Waals surface area contributed by atoms with Crippen molar-refractivity contribution in [3.05, 3.63) is 36.4 Å². The lowest BCUT2D eigenvalue weighted by Crippen LogP contribution is -2.36. The lowest BCUT2D eigenvalue weighted by atomic mass is 10.0. The van der Waals surface area contributed by atoms with Crippen molar-refractivity contribution in [3.63, 3.8) is 0 Å². The van der Waals surface area contributed by atoms with Crippen LogP contribution in [0.3, 0.4) is 0 Å². The van der Waals surface area contributed by atoms with Crippen LogP contribution in [0.15, 0.2) is 36.4 Å². The van der Waals surface area contributed by atoms with E-state index in [9.17, 15) is 4.79 Å². The first-order valence-corrected chi connectivity index (χ1v) is 5.08. The molecule has 2 unspecified atom stereocenters. The second-order valence-corrected chi connectivity index (χ2v) is 3.40. The Bertz CT molecular complexity index is 235. The van der Waals surface area contributed by atoms with Gasteiger partial charge in [-0.05, 0) is 5.92 Å². The van der Waals surface area contributed by atoms with Crippen LogP contribution in [0, 0.1) is 5.92 Å². The van der Waals surface area contributed by atoms with Gasteiger partial charge >= 0.3 is 5.97 Å². The third-order valence-electron chi connectivity index (χ3n) is 2.21. The molecule has 2 atom stereocenters. The number of carbonyl (C=O) groups is 1. The molecule has 0 aliphatic heterocycles. The molecule has 1 rings (SSSR count). The third kappa shape index (κ3) is 6.69. The minimum atomic E-state index is -0.913. The van der Waals surface area contributed by atoms with Crippen LogP contribution in [-0.2, 0) is 4.79 Å². The Morgan fingerprint density at radius 3 is 1.67 bits per heavy atom. The van der Waals surface area contributed by atoms with Gasteiger partial charge in [0.15, 0.2) is 0 Å². The zero-order chi connectivity index (χ0) is 11.7. The van der Waals surface area contributed by atoms with E-state index in [1.165, 1.54) is 0 Å². The van der Waals surface area contributed by atoms with E-state index in [2.05, 4.69) is 0 Å². The summed E-state index contributed by atoms with van der Waals surface area (Å²) in [5.74, 6) is -0.841. The van der Waals surface area contributed by atoms with Gasteiger partial charge in [0, 0.05) is 0 Å². The van der Waals surface area contributed by atoms with Crippen molar-refractivity contribution in [2.75, 3.05) is 0 Å². The average Bonchev–Trinajstić information content (AvgIpc) is 2.30. The quantitative estimate of drug-likeness (QED) is 0.801. The van der Waals surface area contributed by atoms with Gasteiger partial charge in [0.25, 0.3) is 0 Å². The Hall–Kier alpha value is -1.35. The Kier molecular flexibility index (Phi) is 7.28. The minimum Gasteiger partial charge on any atom is -0.480 e. The first-order valence-electron chi connectivity index (χ1n) is 5.08. The van der Waals surface area contributed by atoms with Crippen LogP contribution in [0.25, 0.3) is 0 Å². The van der Waals surface area contributed by atoms with E-state index >= 15 is 0 Å². The number of hydrogen-bond acceptors (Lipinski definition) is 2.